The molecule has 0 amide bonds. The van der Waals surface area contributed by atoms with Crippen LogP contribution in [0.4, 0.5) is 0 Å². The molecule has 6 heteroatoms. The molecule has 0 radical (unpaired) electrons. The number of carboxylic acid groups (broad SMARTS) is 1. The van der Waals surface area contributed by atoms with Gasteiger partial charge in [-0.15, -0.1) is 0 Å². The van der Waals surface area contributed by atoms with Crippen LogP contribution >= 0.6 is 11.6 Å². The molecule has 0 saturated carbocycles. The minimum absolute atomic E-state index is 0.115. The highest BCUT2D eigenvalue weighted by Crippen LogP contribution is 2.16. The predicted octanol–water partition coefficient (Wildman–Crippen LogP) is 1.26. The first-order valence-corrected chi connectivity index (χ1v) is 5.33. The lowest BCUT2D eigenvalue weighted by molar-refractivity contribution is -0.0937. The Morgan fingerprint density at radius 3 is 3.06 bits per heavy atom. The standard InChI is InChI=1S/C10H12ClNO4/c11-7-3-9(10(13)14)12(4-7)5-8-6-15-1-2-16-8/h3-4,8H,1-2,5-6H2,(H,13,14). The summed E-state index contributed by atoms with van der Waals surface area (Å²) in [6, 6.07) is 1.42. The number of carbonyl (C=O) groups is 1. The van der Waals surface area contributed by atoms with Gasteiger partial charge in [-0.1, -0.05) is 11.6 Å². The SMILES string of the molecule is O=C(O)c1cc(Cl)cn1CC1COCCO1. The molecule has 0 aliphatic carbocycles. The summed E-state index contributed by atoms with van der Waals surface area (Å²) in [6.07, 6.45) is 1.47. The van der Waals surface area contributed by atoms with Crippen LogP contribution in [0.15, 0.2) is 12.3 Å². The highest BCUT2D eigenvalue weighted by atomic mass is 35.5. The minimum atomic E-state index is -0.997. The summed E-state index contributed by atoms with van der Waals surface area (Å²) in [5.74, 6) is -0.997. The Morgan fingerprint density at radius 2 is 2.44 bits per heavy atom. The Balaban J connectivity index is 2.10. The fraction of sp³-hybridized carbons (Fsp3) is 0.500. The number of aromatic nitrogens is 1. The highest BCUT2D eigenvalue weighted by Gasteiger charge is 2.18. The van der Waals surface area contributed by atoms with Crippen LogP contribution in [0.3, 0.4) is 0 Å². The average molecular weight is 246 g/mol. The smallest absolute Gasteiger partial charge is 0.352 e. The fourth-order valence-corrected chi connectivity index (χ4v) is 1.89. The van der Waals surface area contributed by atoms with Crippen molar-refractivity contribution >= 4 is 17.6 Å². The Morgan fingerprint density at radius 1 is 1.62 bits per heavy atom. The van der Waals surface area contributed by atoms with Gasteiger partial charge in [0.05, 0.1) is 37.5 Å². The van der Waals surface area contributed by atoms with Crippen LogP contribution in [0.2, 0.25) is 5.02 Å². The highest BCUT2D eigenvalue weighted by molar-refractivity contribution is 6.30. The van der Waals surface area contributed by atoms with Gasteiger partial charge >= 0.3 is 5.97 Å². The largest absolute Gasteiger partial charge is 0.477 e. The van der Waals surface area contributed by atoms with Gasteiger partial charge in [0.1, 0.15) is 5.69 Å². The molecule has 1 fully saturated rings. The first-order chi connectivity index (χ1) is 7.66. The van der Waals surface area contributed by atoms with Crippen LogP contribution in [0.25, 0.3) is 0 Å². The average Bonchev–Trinajstić information content (AvgIpc) is 2.61. The number of rotatable bonds is 3. The molecule has 1 aliphatic rings. The summed E-state index contributed by atoms with van der Waals surface area (Å²) in [5, 5.41) is 9.37. The summed E-state index contributed by atoms with van der Waals surface area (Å²) in [7, 11) is 0. The van der Waals surface area contributed by atoms with Crippen molar-refractivity contribution < 1.29 is 19.4 Å². The Hall–Kier alpha value is -1.04. The zero-order valence-corrected chi connectivity index (χ0v) is 9.31. The second-order valence-electron chi connectivity index (χ2n) is 3.57. The first kappa shape index (κ1) is 11.4. The van der Waals surface area contributed by atoms with Gasteiger partial charge in [0.2, 0.25) is 0 Å². The molecule has 1 atom stereocenters. The molecule has 1 N–H and O–H groups in total. The van der Waals surface area contributed by atoms with Gasteiger partial charge in [-0.3, -0.25) is 0 Å². The lowest BCUT2D eigenvalue weighted by Gasteiger charge is -2.23. The summed E-state index contributed by atoms with van der Waals surface area (Å²) < 4.78 is 12.3. The molecule has 0 aromatic carbocycles. The molecule has 2 heterocycles. The zero-order valence-electron chi connectivity index (χ0n) is 8.56. The maximum atomic E-state index is 10.9. The van der Waals surface area contributed by atoms with Crippen molar-refractivity contribution in [1.82, 2.24) is 4.57 Å². The van der Waals surface area contributed by atoms with E-state index in [1.165, 1.54) is 6.07 Å². The van der Waals surface area contributed by atoms with Gasteiger partial charge in [-0.2, -0.15) is 0 Å². The number of ether oxygens (including phenoxy) is 2. The van der Waals surface area contributed by atoms with Crippen LogP contribution in [-0.2, 0) is 16.0 Å². The zero-order chi connectivity index (χ0) is 11.5. The second kappa shape index (κ2) is 4.86. The molecule has 1 aliphatic heterocycles. The molecule has 2 rings (SSSR count). The monoisotopic (exact) mass is 245 g/mol. The number of halogens is 1. The third-order valence-electron chi connectivity index (χ3n) is 2.37. The van der Waals surface area contributed by atoms with Gasteiger partial charge in [-0.05, 0) is 6.07 Å². The van der Waals surface area contributed by atoms with E-state index in [4.69, 9.17) is 26.2 Å². The molecule has 1 aromatic rings. The summed E-state index contributed by atoms with van der Waals surface area (Å²) in [5.41, 5.74) is 0.166. The molecule has 88 valence electrons. The van der Waals surface area contributed by atoms with Crippen LogP contribution in [0.5, 0.6) is 0 Å². The Bertz CT molecular complexity index is 384. The van der Waals surface area contributed by atoms with Gasteiger partial charge in [0.15, 0.2) is 0 Å². The van der Waals surface area contributed by atoms with E-state index in [0.29, 0.717) is 31.4 Å². The lowest BCUT2D eigenvalue weighted by atomic mass is 10.3. The molecular formula is C10H12ClNO4. The van der Waals surface area contributed by atoms with E-state index in [9.17, 15) is 4.79 Å². The fourth-order valence-electron chi connectivity index (χ4n) is 1.67. The van der Waals surface area contributed by atoms with E-state index in [0.717, 1.165) is 0 Å². The van der Waals surface area contributed by atoms with Crippen molar-refractivity contribution in [2.75, 3.05) is 19.8 Å². The van der Waals surface area contributed by atoms with Gasteiger partial charge < -0.3 is 19.1 Å². The molecule has 16 heavy (non-hydrogen) atoms. The normalized spacial score (nSPS) is 20.9. The van der Waals surface area contributed by atoms with E-state index >= 15 is 0 Å². The minimum Gasteiger partial charge on any atom is -0.477 e. The Kier molecular flexibility index (Phi) is 3.48. The van der Waals surface area contributed by atoms with E-state index < -0.39 is 5.97 Å². The summed E-state index contributed by atoms with van der Waals surface area (Å²) in [4.78, 5) is 10.9. The number of aromatic carboxylic acids is 1. The Labute approximate surface area is 97.5 Å². The maximum absolute atomic E-state index is 10.9. The van der Waals surface area contributed by atoms with Gasteiger partial charge in [0, 0.05) is 6.20 Å². The van der Waals surface area contributed by atoms with E-state index in [2.05, 4.69) is 0 Å². The predicted molar refractivity (Wildman–Crippen MR) is 57.0 cm³/mol. The van der Waals surface area contributed by atoms with Crippen molar-refractivity contribution in [2.24, 2.45) is 0 Å². The molecular weight excluding hydrogens is 234 g/mol. The van der Waals surface area contributed by atoms with E-state index in [1.807, 2.05) is 0 Å². The van der Waals surface area contributed by atoms with Gasteiger partial charge in [-0.25, -0.2) is 4.79 Å². The van der Waals surface area contributed by atoms with E-state index in [-0.39, 0.29) is 11.8 Å². The third kappa shape index (κ3) is 2.55. The first-order valence-electron chi connectivity index (χ1n) is 4.95. The molecule has 1 aromatic heterocycles. The number of nitrogens with zero attached hydrogens (tertiary/aromatic N) is 1. The van der Waals surface area contributed by atoms with Crippen LogP contribution in [0, 0.1) is 0 Å². The second-order valence-corrected chi connectivity index (χ2v) is 4.01. The maximum Gasteiger partial charge on any atom is 0.352 e. The van der Waals surface area contributed by atoms with Gasteiger partial charge in [0.25, 0.3) is 0 Å². The lowest BCUT2D eigenvalue weighted by Crippen LogP contribution is -2.32. The summed E-state index contributed by atoms with van der Waals surface area (Å²) in [6.45, 7) is 2.06. The molecule has 0 bridgehead atoms. The van der Waals surface area contributed by atoms with Crippen molar-refractivity contribution in [3.05, 3.63) is 23.0 Å². The molecule has 0 spiro atoms. The quantitative estimate of drug-likeness (QED) is 0.871. The third-order valence-corrected chi connectivity index (χ3v) is 2.57. The topological polar surface area (TPSA) is 60.7 Å². The number of hydrogen-bond acceptors (Lipinski definition) is 3. The molecule has 1 unspecified atom stereocenters. The van der Waals surface area contributed by atoms with Crippen molar-refractivity contribution in [3.8, 4) is 0 Å². The molecule has 5 nitrogen and oxygen atoms in total. The number of carboxylic acids is 1. The van der Waals surface area contributed by atoms with Crippen molar-refractivity contribution in [2.45, 2.75) is 12.6 Å². The number of hydrogen-bond donors (Lipinski definition) is 1. The van der Waals surface area contributed by atoms with E-state index in [1.54, 1.807) is 10.8 Å². The van der Waals surface area contributed by atoms with Crippen LogP contribution in [0.1, 0.15) is 10.5 Å². The van der Waals surface area contributed by atoms with Crippen molar-refractivity contribution in [1.29, 1.82) is 0 Å². The van der Waals surface area contributed by atoms with Crippen LogP contribution < -0.4 is 0 Å². The van der Waals surface area contributed by atoms with Crippen molar-refractivity contribution in [3.63, 3.8) is 0 Å². The summed E-state index contributed by atoms with van der Waals surface area (Å²) >= 11 is 5.77. The van der Waals surface area contributed by atoms with Crippen LogP contribution in [-0.4, -0.2) is 41.6 Å². The molecule has 1 saturated heterocycles.